The minimum atomic E-state index is -0.591. The summed E-state index contributed by atoms with van der Waals surface area (Å²) in [4.78, 5) is 12.1. The highest BCUT2D eigenvalue weighted by Crippen LogP contribution is 2.28. The SMILES string of the molecule is CCOC(=O)c1cc(-c2cc(F)cc(Cl)c2)n(-c2cccc(C#N)c2)n1. The van der Waals surface area contributed by atoms with Gasteiger partial charge in [0.1, 0.15) is 5.82 Å². The molecule has 0 atom stereocenters. The van der Waals surface area contributed by atoms with E-state index in [4.69, 9.17) is 21.6 Å². The molecule has 0 aliphatic carbocycles. The number of nitrogens with zero attached hydrogens (tertiary/aromatic N) is 3. The fraction of sp³-hybridized carbons (Fsp3) is 0.105. The summed E-state index contributed by atoms with van der Waals surface area (Å²) < 4.78 is 20.3. The molecule has 130 valence electrons. The number of nitriles is 1. The first-order chi connectivity index (χ1) is 12.5. The molecule has 0 saturated heterocycles. The quantitative estimate of drug-likeness (QED) is 0.640. The van der Waals surface area contributed by atoms with Crippen molar-refractivity contribution in [2.45, 2.75) is 6.92 Å². The minimum absolute atomic E-state index is 0.0737. The number of hydrogen-bond acceptors (Lipinski definition) is 4. The molecule has 3 aromatic rings. The summed E-state index contributed by atoms with van der Waals surface area (Å²) in [7, 11) is 0. The number of carbonyl (C=O) groups is 1. The van der Waals surface area contributed by atoms with Crippen molar-refractivity contribution in [3.63, 3.8) is 0 Å². The summed E-state index contributed by atoms with van der Waals surface area (Å²) in [5.74, 6) is -1.10. The van der Waals surface area contributed by atoms with Crippen molar-refractivity contribution in [2.75, 3.05) is 6.61 Å². The zero-order valence-corrected chi connectivity index (χ0v) is 14.5. The van der Waals surface area contributed by atoms with E-state index < -0.39 is 11.8 Å². The van der Waals surface area contributed by atoms with Gasteiger partial charge in [-0.2, -0.15) is 10.4 Å². The predicted molar refractivity (Wildman–Crippen MR) is 94.6 cm³/mol. The van der Waals surface area contributed by atoms with Gasteiger partial charge >= 0.3 is 5.97 Å². The van der Waals surface area contributed by atoms with Crippen molar-refractivity contribution in [3.05, 3.63) is 70.6 Å². The van der Waals surface area contributed by atoms with E-state index in [2.05, 4.69) is 11.2 Å². The average molecular weight is 370 g/mol. The van der Waals surface area contributed by atoms with Crippen molar-refractivity contribution in [1.82, 2.24) is 9.78 Å². The zero-order valence-electron chi connectivity index (χ0n) is 13.7. The first-order valence-electron chi connectivity index (χ1n) is 7.76. The van der Waals surface area contributed by atoms with Crippen molar-refractivity contribution in [2.24, 2.45) is 0 Å². The fourth-order valence-corrected chi connectivity index (χ4v) is 2.72. The Labute approximate surface area is 154 Å². The number of benzene rings is 2. The van der Waals surface area contributed by atoms with Crippen LogP contribution >= 0.6 is 11.6 Å². The Morgan fingerprint density at radius 2 is 2.12 bits per heavy atom. The molecule has 26 heavy (non-hydrogen) atoms. The van der Waals surface area contributed by atoms with Crippen LogP contribution in [0.25, 0.3) is 16.9 Å². The van der Waals surface area contributed by atoms with Crippen LogP contribution in [0.4, 0.5) is 4.39 Å². The fourth-order valence-electron chi connectivity index (χ4n) is 2.50. The highest BCUT2D eigenvalue weighted by Gasteiger charge is 2.18. The largest absolute Gasteiger partial charge is 0.461 e. The average Bonchev–Trinajstić information content (AvgIpc) is 3.07. The van der Waals surface area contributed by atoms with E-state index in [9.17, 15) is 9.18 Å². The number of halogens is 2. The molecular weight excluding hydrogens is 357 g/mol. The number of esters is 1. The topological polar surface area (TPSA) is 67.9 Å². The van der Waals surface area contributed by atoms with Crippen LogP contribution in [0, 0.1) is 17.1 Å². The van der Waals surface area contributed by atoms with Crippen LogP contribution in [0.2, 0.25) is 5.02 Å². The summed E-state index contributed by atoms with van der Waals surface area (Å²) in [6.07, 6.45) is 0. The van der Waals surface area contributed by atoms with Gasteiger partial charge < -0.3 is 4.74 Å². The lowest BCUT2D eigenvalue weighted by Gasteiger charge is -2.08. The minimum Gasteiger partial charge on any atom is -0.461 e. The summed E-state index contributed by atoms with van der Waals surface area (Å²) in [6, 6.07) is 14.3. The molecule has 0 aliphatic heterocycles. The van der Waals surface area contributed by atoms with E-state index in [0.29, 0.717) is 22.5 Å². The van der Waals surface area contributed by atoms with Crippen molar-refractivity contribution < 1.29 is 13.9 Å². The van der Waals surface area contributed by atoms with Gasteiger partial charge in [0, 0.05) is 10.6 Å². The van der Waals surface area contributed by atoms with Crippen LogP contribution in [0.3, 0.4) is 0 Å². The van der Waals surface area contributed by atoms with E-state index in [-0.39, 0.29) is 17.3 Å². The zero-order chi connectivity index (χ0) is 18.7. The van der Waals surface area contributed by atoms with Gasteiger partial charge in [-0.3, -0.25) is 0 Å². The number of carbonyl (C=O) groups excluding carboxylic acids is 1. The van der Waals surface area contributed by atoms with Crippen LogP contribution in [0.5, 0.6) is 0 Å². The molecule has 0 unspecified atom stereocenters. The first kappa shape index (κ1) is 17.6. The van der Waals surface area contributed by atoms with E-state index in [1.54, 1.807) is 37.3 Å². The van der Waals surface area contributed by atoms with Gasteiger partial charge in [0.05, 0.1) is 29.6 Å². The predicted octanol–water partition coefficient (Wildman–Crippen LogP) is 4.38. The Bertz CT molecular complexity index is 1000. The van der Waals surface area contributed by atoms with E-state index in [0.717, 1.165) is 0 Å². The second-order valence-corrected chi connectivity index (χ2v) is 5.80. The van der Waals surface area contributed by atoms with Crippen LogP contribution in [-0.4, -0.2) is 22.4 Å². The third-order valence-corrected chi connectivity index (χ3v) is 3.79. The van der Waals surface area contributed by atoms with Gasteiger partial charge in [-0.05, 0) is 49.4 Å². The number of aromatic nitrogens is 2. The molecule has 1 heterocycles. The highest BCUT2D eigenvalue weighted by atomic mass is 35.5. The van der Waals surface area contributed by atoms with Gasteiger partial charge in [-0.1, -0.05) is 17.7 Å². The Morgan fingerprint density at radius 1 is 1.31 bits per heavy atom. The van der Waals surface area contributed by atoms with Crippen molar-refractivity contribution in [1.29, 1.82) is 5.26 Å². The molecule has 2 aromatic carbocycles. The maximum atomic E-state index is 13.8. The van der Waals surface area contributed by atoms with Gasteiger partial charge in [0.25, 0.3) is 0 Å². The van der Waals surface area contributed by atoms with E-state index in [1.807, 2.05) is 0 Å². The number of hydrogen-bond donors (Lipinski definition) is 0. The van der Waals surface area contributed by atoms with Crippen LogP contribution in [0.15, 0.2) is 48.5 Å². The van der Waals surface area contributed by atoms with Gasteiger partial charge in [-0.15, -0.1) is 0 Å². The summed E-state index contributed by atoms with van der Waals surface area (Å²) in [6.45, 7) is 1.90. The molecule has 0 bridgehead atoms. The lowest BCUT2D eigenvalue weighted by atomic mass is 10.1. The molecule has 1 aromatic heterocycles. The lowest BCUT2D eigenvalue weighted by Crippen LogP contribution is -2.07. The molecule has 0 fully saturated rings. The molecule has 0 radical (unpaired) electrons. The maximum Gasteiger partial charge on any atom is 0.358 e. The van der Waals surface area contributed by atoms with Crippen molar-refractivity contribution >= 4 is 17.6 Å². The normalized spacial score (nSPS) is 10.4. The monoisotopic (exact) mass is 369 g/mol. The Hall–Kier alpha value is -3.17. The van der Waals surface area contributed by atoms with Gasteiger partial charge in [0.2, 0.25) is 0 Å². The summed E-state index contributed by atoms with van der Waals surface area (Å²) >= 11 is 5.96. The molecule has 0 amide bonds. The Balaban J connectivity index is 2.21. The number of ether oxygens (including phenoxy) is 1. The van der Waals surface area contributed by atoms with Crippen LogP contribution < -0.4 is 0 Å². The second-order valence-electron chi connectivity index (χ2n) is 5.37. The molecule has 5 nitrogen and oxygen atoms in total. The molecule has 0 aliphatic rings. The third kappa shape index (κ3) is 3.58. The van der Waals surface area contributed by atoms with E-state index >= 15 is 0 Å². The molecule has 3 rings (SSSR count). The van der Waals surface area contributed by atoms with Crippen LogP contribution in [0.1, 0.15) is 23.0 Å². The molecular formula is C19H13ClFN3O2. The molecule has 0 spiro atoms. The Morgan fingerprint density at radius 3 is 2.81 bits per heavy atom. The standard InChI is InChI=1S/C19H13ClFN3O2/c1-2-26-19(25)17-10-18(13-7-14(20)9-15(21)8-13)24(23-17)16-5-3-4-12(6-16)11-22/h3-10H,2H2,1H3. The van der Waals surface area contributed by atoms with Crippen LogP contribution in [-0.2, 0) is 4.74 Å². The summed E-state index contributed by atoms with van der Waals surface area (Å²) in [5, 5.41) is 13.6. The number of rotatable bonds is 4. The highest BCUT2D eigenvalue weighted by molar-refractivity contribution is 6.30. The maximum absolute atomic E-state index is 13.8. The van der Waals surface area contributed by atoms with Crippen molar-refractivity contribution in [3.8, 4) is 23.0 Å². The molecule has 7 heteroatoms. The Kier molecular flexibility index (Phi) is 5.01. The smallest absolute Gasteiger partial charge is 0.358 e. The van der Waals surface area contributed by atoms with Gasteiger partial charge in [-0.25, -0.2) is 13.9 Å². The lowest BCUT2D eigenvalue weighted by molar-refractivity contribution is 0.0519. The van der Waals surface area contributed by atoms with E-state index in [1.165, 1.54) is 22.9 Å². The summed E-state index contributed by atoms with van der Waals surface area (Å²) in [5.41, 5.74) is 1.95. The third-order valence-electron chi connectivity index (χ3n) is 3.57. The second kappa shape index (κ2) is 7.38. The molecule has 0 N–H and O–H groups in total. The molecule has 0 saturated carbocycles. The first-order valence-corrected chi connectivity index (χ1v) is 8.14. The van der Waals surface area contributed by atoms with Gasteiger partial charge in [0.15, 0.2) is 5.69 Å².